The van der Waals surface area contributed by atoms with Crippen LogP contribution in [0.1, 0.15) is 37.8 Å². The van der Waals surface area contributed by atoms with E-state index < -0.39 is 17.9 Å². The van der Waals surface area contributed by atoms with Crippen LogP contribution in [-0.4, -0.2) is 11.9 Å². The molecule has 2 rings (SSSR count). The molecule has 0 N–H and O–H groups in total. The molecule has 0 aromatic heterocycles. The van der Waals surface area contributed by atoms with E-state index in [4.69, 9.17) is 9.47 Å². The monoisotopic (exact) mass is 354 g/mol. The average Bonchev–Trinajstić information content (AvgIpc) is 2.67. The minimum atomic E-state index is -0.901. The van der Waals surface area contributed by atoms with Crippen LogP contribution in [0.15, 0.2) is 60.7 Å². The third kappa shape index (κ3) is 6.03. The van der Waals surface area contributed by atoms with Gasteiger partial charge >= 0.3 is 11.9 Å². The number of esters is 2. The van der Waals surface area contributed by atoms with E-state index in [9.17, 15) is 9.59 Å². The van der Waals surface area contributed by atoms with Gasteiger partial charge in [0.25, 0.3) is 0 Å². The van der Waals surface area contributed by atoms with Crippen LogP contribution in [0.25, 0.3) is 0 Å². The van der Waals surface area contributed by atoms with E-state index in [0.717, 1.165) is 24.0 Å². The van der Waals surface area contributed by atoms with E-state index in [-0.39, 0.29) is 19.1 Å². The molecule has 26 heavy (non-hydrogen) atoms. The third-order valence-electron chi connectivity index (χ3n) is 4.27. The first-order valence-corrected chi connectivity index (χ1v) is 9.03. The van der Waals surface area contributed by atoms with Crippen molar-refractivity contribution >= 4 is 11.9 Å². The number of benzene rings is 2. The Morgan fingerprint density at radius 3 is 1.62 bits per heavy atom. The molecule has 0 bridgehead atoms. The Hall–Kier alpha value is -2.62. The molecule has 0 radical (unpaired) electrons. The summed E-state index contributed by atoms with van der Waals surface area (Å²) in [4.78, 5) is 25.1. The highest BCUT2D eigenvalue weighted by atomic mass is 16.6. The Morgan fingerprint density at radius 1 is 0.808 bits per heavy atom. The van der Waals surface area contributed by atoms with Gasteiger partial charge in [-0.3, -0.25) is 9.59 Å². The summed E-state index contributed by atoms with van der Waals surface area (Å²) in [5.41, 5.74) is 1.78. The Bertz CT molecular complexity index is 626. The summed E-state index contributed by atoms with van der Waals surface area (Å²) in [5, 5.41) is 0. The minimum Gasteiger partial charge on any atom is -0.460 e. The summed E-state index contributed by atoms with van der Waals surface area (Å²) in [6.07, 6.45) is 1.64. The van der Waals surface area contributed by atoms with Gasteiger partial charge in [-0.05, 0) is 23.5 Å². The molecule has 1 atom stereocenters. The summed E-state index contributed by atoms with van der Waals surface area (Å²) < 4.78 is 10.8. The predicted molar refractivity (Wildman–Crippen MR) is 100 cm³/mol. The van der Waals surface area contributed by atoms with Gasteiger partial charge in [0.1, 0.15) is 13.2 Å². The number of carbonyl (C=O) groups is 2. The molecule has 0 aliphatic rings. The van der Waals surface area contributed by atoms with Crippen LogP contribution >= 0.6 is 0 Å². The Morgan fingerprint density at radius 2 is 1.23 bits per heavy atom. The normalized spacial score (nSPS) is 11.8. The second kappa shape index (κ2) is 10.4. The molecule has 4 nitrogen and oxygen atoms in total. The van der Waals surface area contributed by atoms with E-state index in [1.54, 1.807) is 0 Å². The van der Waals surface area contributed by atoms with Gasteiger partial charge in [-0.25, -0.2) is 0 Å². The number of hydrogen-bond acceptors (Lipinski definition) is 4. The molecular formula is C22H26O4. The van der Waals surface area contributed by atoms with E-state index in [1.165, 1.54) is 0 Å². The third-order valence-corrected chi connectivity index (χ3v) is 4.27. The van der Waals surface area contributed by atoms with Gasteiger partial charge in [-0.2, -0.15) is 0 Å². The van der Waals surface area contributed by atoms with Crippen molar-refractivity contribution in [3.8, 4) is 0 Å². The van der Waals surface area contributed by atoms with Gasteiger partial charge < -0.3 is 9.47 Å². The average molecular weight is 354 g/mol. The summed E-state index contributed by atoms with van der Waals surface area (Å²) in [5.74, 6) is -2.07. The van der Waals surface area contributed by atoms with Crippen LogP contribution in [0.4, 0.5) is 0 Å². The summed E-state index contributed by atoms with van der Waals surface area (Å²) in [6.45, 7) is 4.22. The quantitative estimate of drug-likeness (QED) is 0.490. The molecule has 138 valence electrons. The van der Waals surface area contributed by atoms with Crippen LogP contribution in [0.2, 0.25) is 0 Å². The fourth-order valence-electron chi connectivity index (χ4n) is 2.82. The van der Waals surface area contributed by atoms with Crippen LogP contribution in [0, 0.1) is 11.8 Å². The van der Waals surface area contributed by atoms with Crippen molar-refractivity contribution < 1.29 is 19.1 Å². The fourth-order valence-corrected chi connectivity index (χ4v) is 2.82. The first-order chi connectivity index (χ1) is 12.6. The number of hydrogen-bond donors (Lipinski definition) is 0. The van der Waals surface area contributed by atoms with Crippen LogP contribution in [-0.2, 0) is 32.3 Å². The Labute approximate surface area is 155 Å². The lowest BCUT2D eigenvalue weighted by Crippen LogP contribution is -2.33. The van der Waals surface area contributed by atoms with Crippen molar-refractivity contribution in [3.63, 3.8) is 0 Å². The molecule has 2 aromatic rings. The Kier molecular flexibility index (Phi) is 7.87. The molecule has 2 aromatic carbocycles. The molecule has 4 heteroatoms. The lowest BCUT2D eigenvalue weighted by atomic mass is 9.90. The zero-order valence-electron chi connectivity index (χ0n) is 15.4. The molecule has 0 aliphatic heterocycles. The Balaban J connectivity index is 1.99. The molecule has 0 fully saturated rings. The van der Waals surface area contributed by atoms with Gasteiger partial charge in [0, 0.05) is 0 Å². The lowest BCUT2D eigenvalue weighted by molar-refractivity contribution is -0.166. The fraction of sp³-hybridized carbons (Fsp3) is 0.364. The first-order valence-electron chi connectivity index (χ1n) is 9.03. The van der Waals surface area contributed by atoms with Crippen molar-refractivity contribution in [2.75, 3.05) is 0 Å². The van der Waals surface area contributed by atoms with Crippen LogP contribution in [0.3, 0.4) is 0 Å². The molecule has 1 unspecified atom stereocenters. The van der Waals surface area contributed by atoms with E-state index in [0.29, 0.717) is 0 Å². The van der Waals surface area contributed by atoms with E-state index in [1.807, 2.05) is 74.5 Å². The predicted octanol–water partition coefficient (Wildman–Crippen LogP) is 4.53. The highest BCUT2D eigenvalue weighted by Crippen LogP contribution is 2.22. The zero-order valence-corrected chi connectivity index (χ0v) is 15.4. The summed E-state index contributed by atoms with van der Waals surface area (Å²) >= 11 is 0. The summed E-state index contributed by atoms with van der Waals surface area (Å²) in [6, 6.07) is 18.9. The standard InChI is InChI=1S/C22H26O4/c1-3-10-17(2)20(21(23)25-15-18-11-6-4-7-12-18)22(24)26-16-19-13-8-5-9-14-19/h4-9,11-14,17,20H,3,10,15-16H2,1-2H3. The zero-order chi connectivity index (χ0) is 18.8. The van der Waals surface area contributed by atoms with Gasteiger partial charge in [-0.15, -0.1) is 0 Å². The van der Waals surface area contributed by atoms with Crippen molar-refractivity contribution in [1.29, 1.82) is 0 Å². The van der Waals surface area contributed by atoms with Gasteiger partial charge in [0.2, 0.25) is 0 Å². The maximum Gasteiger partial charge on any atom is 0.320 e. The number of carbonyl (C=O) groups excluding carboxylic acids is 2. The lowest BCUT2D eigenvalue weighted by Gasteiger charge is -2.21. The molecule has 0 heterocycles. The molecule has 0 amide bonds. The first kappa shape index (κ1) is 19.7. The molecule has 0 aliphatic carbocycles. The van der Waals surface area contributed by atoms with E-state index in [2.05, 4.69) is 0 Å². The topological polar surface area (TPSA) is 52.6 Å². The summed E-state index contributed by atoms with van der Waals surface area (Å²) in [7, 11) is 0. The second-order valence-corrected chi connectivity index (χ2v) is 6.43. The van der Waals surface area contributed by atoms with Crippen LogP contribution in [0.5, 0.6) is 0 Å². The number of ether oxygens (including phenoxy) is 2. The van der Waals surface area contributed by atoms with Gasteiger partial charge in [0.15, 0.2) is 5.92 Å². The minimum absolute atomic E-state index is 0.133. The molecule has 0 spiro atoms. The van der Waals surface area contributed by atoms with Gasteiger partial charge in [0.05, 0.1) is 0 Å². The largest absolute Gasteiger partial charge is 0.460 e. The molecule has 0 saturated heterocycles. The van der Waals surface area contributed by atoms with Gasteiger partial charge in [-0.1, -0.05) is 80.9 Å². The van der Waals surface area contributed by atoms with Crippen molar-refractivity contribution in [2.24, 2.45) is 11.8 Å². The second-order valence-electron chi connectivity index (χ2n) is 6.43. The maximum atomic E-state index is 12.6. The van der Waals surface area contributed by atoms with Crippen LogP contribution < -0.4 is 0 Å². The van der Waals surface area contributed by atoms with Crippen molar-refractivity contribution in [2.45, 2.75) is 39.9 Å². The maximum absolute atomic E-state index is 12.6. The smallest absolute Gasteiger partial charge is 0.320 e. The SMILES string of the molecule is CCCC(C)C(C(=O)OCc1ccccc1)C(=O)OCc1ccccc1. The highest BCUT2D eigenvalue weighted by Gasteiger charge is 2.34. The molecule has 0 saturated carbocycles. The van der Waals surface area contributed by atoms with E-state index >= 15 is 0 Å². The highest BCUT2D eigenvalue weighted by molar-refractivity contribution is 5.95. The van der Waals surface area contributed by atoms with Crippen molar-refractivity contribution in [3.05, 3.63) is 71.8 Å². The molecular weight excluding hydrogens is 328 g/mol. The van der Waals surface area contributed by atoms with Crippen molar-refractivity contribution in [1.82, 2.24) is 0 Å². The number of rotatable bonds is 9.